The zero-order chi connectivity index (χ0) is 18.2. The summed E-state index contributed by atoms with van der Waals surface area (Å²) in [7, 11) is 0.993. The van der Waals surface area contributed by atoms with Gasteiger partial charge in [0.2, 0.25) is 5.41 Å². The molecule has 2 aromatic rings. The summed E-state index contributed by atoms with van der Waals surface area (Å²) < 4.78 is 87.7. The molecule has 0 fully saturated rings. The van der Waals surface area contributed by atoms with Gasteiger partial charge in [-0.05, 0) is 23.8 Å². The molecule has 0 spiro atoms. The predicted octanol–water partition coefficient (Wildman–Crippen LogP) is 4.81. The van der Waals surface area contributed by atoms with Crippen LogP contribution >= 0.6 is 0 Å². The summed E-state index contributed by atoms with van der Waals surface area (Å²) in [5.41, 5.74) is -6.43. The third-order valence-corrected chi connectivity index (χ3v) is 3.66. The lowest BCUT2D eigenvalue weighted by Crippen LogP contribution is -2.54. The zero-order valence-electron chi connectivity index (χ0n) is 12.2. The highest BCUT2D eigenvalue weighted by Gasteiger charge is 2.73. The Morgan fingerprint density at radius 3 is 1.75 bits per heavy atom. The number of hydrogen-bond donors (Lipinski definition) is 1. The second-order valence-corrected chi connectivity index (χ2v) is 4.99. The highest BCUT2D eigenvalue weighted by molar-refractivity contribution is 5.51. The van der Waals surface area contributed by atoms with Crippen LogP contribution in [0.1, 0.15) is 11.1 Å². The molecule has 0 aliphatic heterocycles. The van der Waals surface area contributed by atoms with Crippen LogP contribution in [0.4, 0.5) is 26.3 Å². The first-order valence-electron chi connectivity index (χ1n) is 6.62. The molecular formula is C16H12F6O2. The van der Waals surface area contributed by atoms with Gasteiger partial charge in [-0.1, -0.05) is 30.3 Å². The van der Waals surface area contributed by atoms with Crippen molar-refractivity contribution in [3.63, 3.8) is 0 Å². The highest BCUT2D eigenvalue weighted by atomic mass is 19.4. The number of hydrogen-bond acceptors (Lipinski definition) is 2. The maximum Gasteiger partial charge on any atom is 0.411 e. The van der Waals surface area contributed by atoms with Crippen LogP contribution in [-0.2, 0) is 5.41 Å². The maximum atomic E-state index is 13.8. The van der Waals surface area contributed by atoms with Crippen molar-refractivity contribution in [2.45, 2.75) is 17.8 Å². The van der Waals surface area contributed by atoms with Crippen LogP contribution in [0.2, 0.25) is 0 Å². The van der Waals surface area contributed by atoms with E-state index < -0.39 is 40.4 Å². The van der Waals surface area contributed by atoms with Crippen molar-refractivity contribution in [2.24, 2.45) is 0 Å². The number of halogens is 6. The van der Waals surface area contributed by atoms with E-state index in [0.717, 1.165) is 37.4 Å². The molecule has 0 atom stereocenters. The van der Waals surface area contributed by atoms with E-state index in [4.69, 9.17) is 4.74 Å². The summed E-state index contributed by atoms with van der Waals surface area (Å²) >= 11 is 0. The molecule has 8 heteroatoms. The van der Waals surface area contributed by atoms with Gasteiger partial charge in [0.05, 0.1) is 7.11 Å². The van der Waals surface area contributed by atoms with E-state index in [1.54, 1.807) is 0 Å². The van der Waals surface area contributed by atoms with Crippen LogP contribution in [0, 0.1) is 0 Å². The van der Waals surface area contributed by atoms with E-state index in [1.165, 1.54) is 6.07 Å². The van der Waals surface area contributed by atoms with Gasteiger partial charge < -0.3 is 9.84 Å². The van der Waals surface area contributed by atoms with Gasteiger partial charge in [-0.15, -0.1) is 0 Å². The normalized spacial score (nSPS) is 13.0. The fourth-order valence-corrected chi connectivity index (χ4v) is 2.61. The van der Waals surface area contributed by atoms with E-state index in [2.05, 4.69) is 0 Å². The molecule has 0 saturated carbocycles. The number of phenols is 1. The number of benzene rings is 2. The van der Waals surface area contributed by atoms with Crippen LogP contribution in [-0.4, -0.2) is 24.6 Å². The fraction of sp³-hybridized carbons (Fsp3) is 0.250. The Morgan fingerprint density at radius 2 is 1.29 bits per heavy atom. The molecule has 0 bridgehead atoms. The molecule has 0 saturated heterocycles. The lowest BCUT2D eigenvalue weighted by molar-refractivity contribution is -0.289. The summed E-state index contributed by atoms with van der Waals surface area (Å²) in [6, 6.07) is 6.86. The molecule has 24 heavy (non-hydrogen) atoms. The molecule has 2 aromatic carbocycles. The van der Waals surface area contributed by atoms with Gasteiger partial charge in [-0.2, -0.15) is 26.3 Å². The molecule has 0 amide bonds. The van der Waals surface area contributed by atoms with Crippen LogP contribution in [0.3, 0.4) is 0 Å². The zero-order valence-corrected chi connectivity index (χ0v) is 12.2. The lowest BCUT2D eigenvalue weighted by Gasteiger charge is -2.38. The van der Waals surface area contributed by atoms with Crippen LogP contribution in [0.25, 0.3) is 0 Å². The first-order chi connectivity index (χ1) is 11.1. The van der Waals surface area contributed by atoms with Gasteiger partial charge in [-0.25, -0.2) is 0 Å². The Hall–Kier alpha value is -2.38. The molecular weight excluding hydrogens is 338 g/mol. The molecule has 0 radical (unpaired) electrons. The summed E-state index contributed by atoms with van der Waals surface area (Å²) in [6.07, 6.45) is -11.4. The minimum Gasteiger partial charge on any atom is -0.508 e. The highest BCUT2D eigenvalue weighted by Crippen LogP contribution is 2.58. The van der Waals surface area contributed by atoms with Crippen molar-refractivity contribution in [1.82, 2.24) is 0 Å². The van der Waals surface area contributed by atoms with Crippen molar-refractivity contribution < 1.29 is 36.2 Å². The standard InChI is InChI=1S/C16H12F6O2/c1-24-13-5-3-2-4-12(13)14(15(17,18)19,16(20,21)22)10-6-8-11(23)9-7-10/h2-9,23H,1H3. The van der Waals surface area contributed by atoms with E-state index in [9.17, 15) is 31.4 Å². The summed E-state index contributed by atoms with van der Waals surface area (Å²) in [5, 5.41) is 9.21. The lowest BCUT2D eigenvalue weighted by atomic mass is 9.72. The third kappa shape index (κ3) is 2.65. The second kappa shape index (κ2) is 5.92. The number of methoxy groups -OCH3 is 1. The molecule has 0 aromatic heterocycles. The second-order valence-electron chi connectivity index (χ2n) is 4.99. The monoisotopic (exact) mass is 350 g/mol. The topological polar surface area (TPSA) is 29.5 Å². The van der Waals surface area contributed by atoms with Gasteiger partial charge >= 0.3 is 12.4 Å². The van der Waals surface area contributed by atoms with Gasteiger partial charge in [0.25, 0.3) is 0 Å². The number of aromatic hydroxyl groups is 1. The predicted molar refractivity (Wildman–Crippen MR) is 74.0 cm³/mol. The molecule has 0 heterocycles. The molecule has 130 valence electrons. The minimum atomic E-state index is -5.70. The number of alkyl halides is 6. The van der Waals surface area contributed by atoms with Crippen molar-refractivity contribution in [3.05, 3.63) is 59.7 Å². The molecule has 0 unspecified atom stereocenters. The van der Waals surface area contributed by atoms with Crippen LogP contribution < -0.4 is 4.74 Å². The summed E-state index contributed by atoms with van der Waals surface area (Å²) in [6.45, 7) is 0. The smallest absolute Gasteiger partial charge is 0.411 e. The first kappa shape index (κ1) is 18.0. The summed E-state index contributed by atoms with van der Waals surface area (Å²) in [4.78, 5) is 0. The fourth-order valence-electron chi connectivity index (χ4n) is 2.61. The molecule has 2 rings (SSSR count). The third-order valence-electron chi connectivity index (χ3n) is 3.66. The van der Waals surface area contributed by atoms with Crippen LogP contribution in [0.5, 0.6) is 11.5 Å². The largest absolute Gasteiger partial charge is 0.508 e. The van der Waals surface area contributed by atoms with Gasteiger partial charge in [-0.3, -0.25) is 0 Å². The number of ether oxygens (including phenoxy) is 1. The van der Waals surface area contributed by atoms with Crippen molar-refractivity contribution in [3.8, 4) is 11.5 Å². The summed E-state index contributed by atoms with van der Waals surface area (Å²) in [5.74, 6) is -0.989. The average molecular weight is 350 g/mol. The Morgan fingerprint density at radius 1 is 0.792 bits per heavy atom. The Kier molecular flexibility index (Phi) is 4.43. The first-order valence-corrected chi connectivity index (χ1v) is 6.62. The quantitative estimate of drug-likeness (QED) is 0.805. The minimum absolute atomic E-state index is 0.447. The van der Waals surface area contributed by atoms with E-state index in [1.807, 2.05) is 0 Å². The van der Waals surface area contributed by atoms with E-state index >= 15 is 0 Å². The molecule has 2 nitrogen and oxygen atoms in total. The number of para-hydroxylation sites is 1. The molecule has 0 aliphatic carbocycles. The SMILES string of the molecule is COc1ccccc1C(c1ccc(O)cc1)(C(F)(F)F)C(F)(F)F. The average Bonchev–Trinajstić information content (AvgIpc) is 2.47. The Labute approximate surface area is 133 Å². The number of rotatable bonds is 3. The van der Waals surface area contributed by atoms with Gasteiger partial charge in [0, 0.05) is 5.56 Å². The number of phenolic OH excluding ortho intramolecular Hbond substituents is 1. The molecule has 0 aliphatic rings. The molecule has 1 N–H and O–H groups in total. The Balaban J connectivity index is 2.95. The van der Waals surface area contributed by atoms with Gasteiger partial charge in [0.15, 0.2) is 0 Å². The van der Waals surface area contributed by atoms with Crippen LogP contribution in [0.15, 0.2) is 48.5 Å². The van der Waals surface area contributed by atoms with E-state index in [0.29, 0.717) is 12.1 Å². The van der Waals surface area contributed by atoms with Crippen molar-refractivity contribution in [1.29, 1.82) is 0 Å². The van der Waals surface area contributed by atoms with E-state index in [-0.39, 0.29) is 0 Å². The Bertz CT molecular complexity index is 690. The van der Waals surface area contributed by atoms with Crippen molar-refractivity contribution >= 4 is 0 Å². The van der Waals surface area contributed by atoms with Crippen molar-refractivity contribution in [2.75, 3.05) is 7.11 Å². The maximum absolute atomic E-state index is 13.8. The van der Waals surface area contributed by atoms with Gasteiger partial charge in [0.1, 0.15) is 11.5 Å².